The summed E-state index contributed by atoms with van der Waals surface area (Å²) in [5, 5.41) is 5.12. The van der Waals surface area contributed by atoms with E-state index < -0.39 is 28.0 Å². The highest BCUT2D eigenvalue weighted by Gasteiger charge is 2.27. The van der Waals surface area contributed by atoms with Crippen molar-refractivity contribution in [3.8, 4) is 0 Å². The smallest absolute Gasteiger partial charge is 0.312 e. The number of carbonyl (C=O) groups is 2. The van der Waals surface area contributed by atoms with Gasteiger partial charge in [-0.3, -0.25) is 4.79 Å². The van der Waals surface area contributed by atoms with Crippen molar-refractivity contribution < 1.29 is 18.0 Å². The zero-order valence-electron chi connectivity index (χ0n) is 15.9. The molecule has 2 aromatic carbocycles. The van der Waals surface area contributed by atoms with Crippen molar-refractivity contribution in [1.29, 1.82) is 0 Å². The molecule has 0 unspecified atom stereocenters. The third kappa shape index (κ3) is 5.33. The van der Waals surface area contributed by atoms with Gasteiger partial charge in [0, 0.05) is 25.2 Å². The van der Waals surface area contributed by atoms with Crippen molar-refractivity contribution in [3.05, 3.63) is 60.2 Å². The molecule has 3 amide bonds. The number of primary amides is 1. The number of urea groups is 1. The maximum absolute atomic E-state index is 12.7. The number of sulfonamides is 1. The first-order chi connectivity index (χ1) is 13.9. The molecule has 0 spiro atoms. The number of hydrogen-bond acceptors (Lipinski definition) is 4. The minimum absolute atomic E-state index is 0.125. The number of rotatable bonds is 7. The van der Waals surface area contributed by atoms with Gasteiger partial charge in [-0.15, -0.1) is 0 Å². The monoisotopic (exact) mass is 416 g/mol. The number of nitrogens with two attached hydrogens (primary N) is 1. The van der Waals surface area contributed by atoms with Crippen LogP contribution in [0.5, 0.6) is 0 Å². The summed E-state index contributed by atoms with van der Waals surface area (Å²) in [7, 11) is -3.59. The second-order valence-corrected chi connectivity index (χ2v) is 8.82. The van der Waals surface area contributed by atoms with Crippen molar-refractivity contribution in [3.63, 3.8) is 0 Å². The summed E-state index contributed by atoms with van der Waals surface area (Å²) < 4.78 is 26.9. The average molecular weight is 417 g/mol. The molecule has 4 N–H and O–H groups in total. The minimum atomic E-state index is -3.59. The standard InChI is InChI=1S/C20H24N4O4S/c21-20(26)23-18(13-15-7-2-1-3-8-15)19(25)22-16-9-6-10-17(14-16)29(27,28)24-11-4-5-12-24/h1-3,6-10,14,18H,4-5,11-13H2,(H,22,25)(H3,21,23,26)/t18-/m0/s1. The van der Waals surface area contributed by atoms with Gasteiger partial charge in [0.05, 0.1) is 4.90 Å². The Kier molecular flexibility index (Phi) is 6.50. The molecule has 2 aromatic rings. The first-order valence-electron chi connectivity index (χ1n) is 9.37. The molecular formula is C20H24N4O4S. The summed E-state index contributed by atoms with van der Waals surface area (Å²) in [5.41, 5.74) is 6.40. The van der Waals surface area contributed by atoms with E-state index in [1.54, 1.807) is 12.1 Å². The molecule has 1 atom stereocenters. The number of carbonyl (C=O) groups excluding carboxylic acids is 2. The van der Waals surface area contributed by atoms with Crippen molar-refractivity contribution in [2.24, 2.45) is 5.73 Å². The summed E-state index contributed by atoms with van der Waals surface area (Å²) in [6.07, 6.45) is 1.94. The van der Waals surface area contributed by atoms with Crippen LogP contribution >= 0.6 is 0 Å². The molecule has 29 heavy (non-hydrogen) atoms. The van der Waals surface area contributed by atoms with E-state index in [2.05, 4.69) is 10.6 Å². The van der Waals surface area contributed by atoms with Gasteiger partial charge in [-0.05, 0) is 36.6 Å². The summed E-state index contributed by atoms with van der Waals surface area (Å²) in [5.74, 6) is -0.483. The van der Waals surface area contributed by atoms with Crippen LogP contribution in [0.1, 0.15) is 18.4 Å². The number of nitrogens with zero attached hydrogens (tertiary/aromatic N) is 1. The maximum atomic E-state index is 12.7. The highest BCUT2D eigenvalue weighted by atomic mass is 32.2. The van der Waals surface area contributed by atoms with E-state index in [0.717, 1.165) is 18.4 Å². The van der Waals surface area contributed by atoms with Gasteiger partial charge < -0.3 is 16.4 Å². The fourth-order valence-corrected chi connectivity index (χ4v) is 4.84. The Hall–Kier alpha value is -2.91. The number of nitrogens with one attached hydrogen (secondary N) is 2. The van der Waals surface area contributed by atoms with Gasteiger partial charge in [0.15, 0.2) is 0 Å². The van der Waals surface area contributed by atoms with Gasteiger partial charge >= 0.3 is 6.03 Å². The lowest BCUT2D eigenvalue weighted by Gasteiger charge is -2.19. The molecule has 1 fully saturated rings. The lowest BCUT2D eigenvalue weighted by atomic mass is 10.1. The maximum Gasteiger partial charge on any atom is 0.312 e. The topological polar surface area (TPSA) is 122 Å². The molecule has 9 heteroatoms. The van der Waals surface area contributed by atoms with E-state index in [1.807, 2.05) is 30.3 Å². The Morgan fingerprint density at radius 3 is 2.38 bits per heavy atom. The van der Waals surface area contributed by atoms with Crippen LogP contribution in [0.25, 0.3) is 0 Å². The number of hydrogen-bond donors (Lipinski definition) is 3. The van der Waals surface area contributed by atoms with Gasteiger partial charge in [0.25, 0.3) is 0 Å². The van der Waals surface area contributed by atoms with Crippen LogP contribution in [0.15, 0.2) is 59.5 Å². The second kappa shape index (κ2) is 9.06. The average Bonchev–Trinajstić information content (AvgIpc) is 3.24. The van der Waals surface area contributed by atoms with Crippen LogP contribution in [-0.4, -0.2) is 43.8 Å². The molecule has 0 aliphatic carbocycles. The molecule has 0 bridgehead atoms. The lowest BCUT2D eigenvalue weighted by molar-refractivity contribution is -0.117. The first-order valence-corrected chi connectivity index (χ1v) is 10.8. The molecule has 154 valence electrons. The minimum Gasteiger partial charge on any atom is -0.352 e. The van der Waals surface area contributed by atoms with Crippen LogP contribution in [0, 0.1) is 0 Å². The van der Waals surface area contributed by atoms with Crippen molar-refractivity contribution in [1.82, 2.24) is 9.62 Å². The molecule has 1 saturated heterocycles. The third-order valence-corrected chi connectivity index (χ3v) is 6.61. The molecular weight excluding hydrogens is 392 g/mol. The molecule has 8 nitrogen and oxygen atoms in total. The zero-order chi connectivity index (χ0) is 20.9. The van der Waals surface area contributed by atoms with Gasteiger partial charge in [0.1, 0.15) is 6.04 Å². The van der Waals surface area contributed by atoms with E-state index >= 15 is 0 Å². The molecule has 3 rings (SSSR count). The summed E-state index contributed by atoms with van der Waals surface area (Å²) in [6.45, 7) is 1.00. The predicted octanol–water partition coefficient (Wildman–Crippen LogP) is 1.69. The zero-order valence-corrected chi connectivity index (χ0v) is 16.7. The highest BCUT2D eigenvalue weighted by Crippen LogP contribution is 2.23. The van der Waals surface area contributed by atoms with E-state index in [-0.39, 0.29) is 11.3 Å². The van der Waals surface area contributed by atoms with Crippen LogP contribution in [0.2, 0.25) is 0 Å². The first kappa shape index (κ1) is 20.8. The molecule has 1 aliphatic rings. The summed E-state index contributed by atoms with van der Waals surface area (Å²) in [4.78, 5) is 24.2. The van der Waals surface area contributed by atoms with Gasteiger partial charge in [-0.25, -0.2) is 13.2 Å². The molecule has 0 radical (unpaired) electrons. The molecule has 1 aliphatic heterocycles. The van der Waals surface area contributed by atoms with Crippen LogP contribution in [0.4, 0.5) is 10.5 Å². The third-order valence-electron chi connectivity index (χ3n) is 4.72. The van der Waals surface area contributed by atoms with Gasteiger partial charge in [-0.2, -0.15) is 4.31 Å². The number of amides is 3. The summed E-state index contributed by atoms with van der Waals surface area (Å²) in [6, 6.07) is 13.6. The molecule has 0 aromatic heterocycles. The van der Waals surface area contributed by atoms with E-state index in [4.69, 9.17) is 5.73 Å². The highest BCUT2D eigenvalue weighted by molar-refractivity contribution is 7.89. The van der Waals surface area contributed by atoms with E-state index in [1.165, 1.54) is 16.4 Å². The fourth-order valence-electron chi connectivity index (χ4n) is 3.27. The number of benzene rings is 2. The second-order valence-electron chi connectivity index (χ2n) is 6.88. The quantitative estimate of drug-likeness (QED) is 0.636. The Morgan fingerprint density at radius 2 is 1.72 bits per heavy atom. The Labute approximate surface area is 170 Å². The Bertz CT molecular complexity index is 973. The lowest BCUT2D eigenvalue weighted by Crippen LogP contribution is -2.47. The summed E-state index contributed by atoms with van der Waals surface area (Å²) >= 11 is 0. The Morgan fingerprint density at radius 1 is 1.03 bits per heavy atom. The predicted molar refractivity (Wildman–Crippen MR) is 110 cm³/mol. The fraction of sp³-hybridized carbons (Fsp3) is 0.300. The molecule has 1 heterocycles. The van der Waals surface area contributed by atoms with Crippen LogP contribution in [-0.2, 0) is 21.2 Å². The van der Waals surface area contributed by atoms with E-state index in [0.29, 0.717) is 18.8 Å². The Balaban J connectivity index is 1.76. The van der Waals surface area contributed by atoms with Gasteiger partial charge in [0.2, 0.25) is 15.9 Å². The van der Waals surface area contributed by atoms with Crippen molar-refractivity contribution in [2.75, 3.05) is 18.4 Å². The van der Waals surface area contributed by atoms with E-state index in [9.17, 15) is 18.0 Å². The van der Waals surface area contributed by atoms with Crippen molar-refractivity contribution >= 4 is 27.6 Å². The van der Waals surface area contributed by atoms with Gasteiger partial charge in [-0.1, -0.05) is 36.4 Å². The number of anilines is 1. The SMILES string of the molecule is NC(=O)N[C@@H](Cc1ccccc1)C(=O)Nc1cccc(S(=O)(=O)N2CCCC2)c1. The van der Waals surface area contributed by atoms with Crippen molar-refractivity contribution in [2.45, 2.75) is 30.2 Å². The van der Waals surface area contributed by atoms with Crippen LogP contribution < -0.4 is 16.4 Å². The van der Waals surface area contributed by atoms with Crippen LogP contribution in [0.3, 0.4) is 0 Å². The molecule has 0 saturated carbocycles. The normalized spacial score (nSPS) is 15.6. The largest absolute Gasteiger partial charge is 0.352 e.